The molecule has 0 fully saturated rings. The Hall–Kier alpha value is -1.72. The molecular weight excluding hydrogens is 270 g/mol. The van der Waals surface area contributed by atoms with Crippen LogP contribution in [0.2, 0.25) is 0 Å². The third kappa shape index (κ3) is 1.95. The van der Waals surface area contributed by atoms with Crippen LogP contribution in [0.5, 0.6) is 0 Å². The van der Waals surface area contributed by atoms with Gasteiger partial charge in [-0.05, 0) is 6.42 Å². The molecule has 0 bridgehead atoms. The normalized spacial score (nSPS) is 11.3. The van der Waals surface area contributed by atoms with E-state index in [1.54, 1.807) is 6.92 Å². The predicted octanol–water partition coefficient (Wildman–Crippen LogP) is 4.63. The van der Waals surface area contributed by atoms with Crippen molar-refractivity contribution in [2.75, 3.05) is 0 Å². The van der Waals surface area contributed by atoms with Gasteiger partial charge in [-0.2, -0.15) is 0 Å². The summed E-state index contributed by atoms with van der Waals surface area (Å²) in [4.78, 5) is 0. The first-order valence-electron chi connectivity index (χ1n) is 5.52. The maximum absolute atomic E-state index is 13.7. The van der Waals surface area contributed by atoms with E-state index < -0.39 is 51.2 Å². The second-order valence-electron chi connectivity index (χ2n) is 4.07. The van der Waals surface area contributed by atoms with Gasteiger partial charge in [0.1, 0.15) is 5.82 Å². The Kier molecular flexibility index (Phi) is 3.43. The smallest absolute Gasteiger partial charge is 0.195 e. The van der Waals surface area contributed by atoms with Crippen LogP contribution in [0.3, 0.4) is 0 Å². The lowest BCUT2D eigenvalue weighted by Gasteiger charge is -2.11. The molecule has 0 aliphatic carbocycles. The molecule has 0 N–H and O–H groups in total. The highest BCUT2D eigenvalue weighted by Crippen LogP contribution is 2.33. The standard InChI is InChI=1S/C13H8F6/c1-2-3-5-8-9(12(18)13(19)10(5)16)6(14)4-7(15)11(8)17/h4H,2-3H2,1H3. The van der Waals surface area contributed by atoms with E-state index >= 15 is 0 Å². The Morgan fingerprint density at radius 1 is 0.737 bits per heavy atom. The van der Waals surface area contributed by atoms with Crippen LogP contribution in [0.1, 0.15) is 18.9 Å². The molecule has 2 aromatic carbocycles. The average Bonchev–Trinajstić information content (AvgIpc) is 2.36. The zero-order valence-electron chi connectivity index (χ0n) is 9.76. The minimum atomic E-state index is -1.89. The van der Waals surface area contributed by atoms with Gasteiger partial charge in [-0.25, -0.2) is 26.3 Å². The molecule has 0 atom stereocenters. The molecular formula is C13H8F6. The number of rotatable bonds is 2. The van der Waals surface area contributed by atoms with Gasteiger partial charge in [0.2, 0.25) is 0 Å². The molecule has 6 heteroatoms. The SMILES string of the molecule is CCCc1c(F)c(F)c(F)c2c(F)cc(F)c(F)c12. The lowest BCUT2D eigenvalue weighted by molar-refractivity contribution is 0.441. The van der Waals surface area contributed by atoms with Gasteiger partial charge in [-0.15, -0.1) is 0 Å². The van der Waals surface area contributed by atoms with Crippen LogP contribution in [-0.4, -0.2) is 0 Å². The quantitative estimate of drug-likeness (QED) is 0.427. The Morgan fingerprint density at radius 2 is 1.37 bits per heavy atom. The van der Waals surface area contributed by atoms with Gasteiger partial charge >= 0.3 is 0 Å². The monoisotopic (exact) mass is 278 g/mol. The lowest BCUT2D eigenvalue weighted by atomic mass is 9.98. The molecule has 0 radical (unpaired) electrons. The van der Waals surface area contributed by atoms with Crippen molar-refractivity contribution in [1.29, 1.82) is 0 Å². The fourth-order valence-corrected chi connectivity index (χ4v) is 2.03. The average molecular weight is 278 g/mol. The summed E-state index contributed by atoms with van der Waals surface area (Å²) in [7, 11) is 0. The summed E-state index contributed by atoms with van der Waals surface area (Å²) >= 11 is 0. The number of aryl methyl sites for hydroxylation is 1. The van der Waals surface area contributed by atoms with E-state index in [0.717, 1.165) is 0 Å². The maximum Gasteiger partial charge on any atom is 0.195 e. The Morgan fingerprint density at radius 3 is 1.95 bits per heavy atom. The van der Waals surface area contributed by atoms with Crippen molar-refractivity contribution in [2.45, 2.75) is 19.8 Å². The summed E-state index contributed by atoms with van der Waals surface area (Å²) < 4.78 is 80.7. The van der Waals surface area contributed by atoms with Crippen molar-refractivity contribution in [2.24, 2.45) is 0 Å². The van der Waals surface area contributed by atoms with E-state index in [4.69, 9.17) is 0 Å². The summed E-state index contributed by atoms with van der Waals surface area (Å²) in [5, 5.41) is -1.95. The lowest BCUT2D eigenvalue weighted by Crippen LogP contribution is -2.05. The highest BCUT2D eigenvalue weighted by molar-refractivity contribution is 5.88. The first kappa shape index (κ1) is 13.7. The molecule has 0 saturated heterocycles. The number of benzene rings is 2. The van der Waals surface area contributed by atoms with Crippen molar-refractivity contribution in [3.8, 4) is 0 Å². The zero-order valence-corrected chi connectivity index (χ0v) is 9.76. The van der Waals surface area contributed by atoms with E-state index in [-0.39, 0.29) is 18.9 Å². The van der Waals surface area contributed by atoms with Crippen LogP contribution >= 0.6 is 0 Å². The second kappa shape index (κ2) is 4.75. The number of hydrogen-bond donors (Lipinski definition) is 0. The summed E-state index contributed by atoms with van der Waals surface area (Å²) in [6.45, 7) is 1.58. The van der Waals surface area contributed by atoms with Gasteiger partial charge in [0.15, 0.2) is 29.1 Å². The zero-order chi connectivity index (χ0) is 14.3. The van der Waals surface area contributed by atoms with Crippen LogP contribution in [0.15, 0.2) is 6.07 Å². The van der Waals surface area contributed by atoms with Crippen LogP contribution < -0.4 is 0 Å². The summed E-state index contributed by atoms with van der Waals surface area (Å²) in [6, 6.07) is 0.105. The van der Waals surface area contributed by atoms with Crippen LogP contribution in [0.25, 0.3) is 10.8 Å². The first-order chi connectivity index (χ1) is 8.90. The van der Waals surface area contributed by atoms with E-state index in [2.05, 4.69) is 0 Å². The van der Waals surface area contributed by atoms with Crippen molar-refractivity contribution in [3.63, 3.8) is 0 Å². The summed E-state index contributed by atoms with van der Waals surface area (Å²) in [5.41, 5.74) is -0.563. The Balaban J connectivity index is 3.07. The number of fused-ring (bicyclic) bond motifs is 1. The molecule has 0 aliphatic rings. The predicted molar refractivity (Wildman–Crippen MR) is 57.7 cm³/mol. The molecule has 2 rings (SSSR count). The van der Waals surface area contributed by atoms with Gasteiger partial charge in [-0.3, -0.25) is 0 Å². The molecule has 0 saturated carbocycles. The van der Waals surface area contributed by atoms with Crippen LogP contribution in [0, 0.1) is 34.9 Å². The molecule has 0 spiro atoms. The minimum absolute atomic E-state index is 0.105. The first-order valence-corrected chi connectivity index (χ1v) is 5.52. The maximum atomic E-state index is 13.7. The largest absolute Gasteiger partial charge is 0.206 e. The molecule has 102 valence electrons. The van der Waals surface area contributed by atoms with Crippen molar-refractivity contribution < 1.29 is 26.3 Å². The highest BCUT2D eigenvalue weighted by Gasteiger charge is 2.26. The van der Waals surface area contributed by atoms with Gasteiger partial charge in [0.25, 0.3) is 0 Å². The third-order valence-electron chi connectivity index (χ3n) is 2.84. The third-order valence-corrected chi connectivity index (χ3v) is 2.84. The van der Waals surface area contributed by atoms with Crippen molar-refractivity contribution in [3.05, 3.63) is 46.5 Å². The van der Waals surface area contributed by atoms with Gasteiger partial charge in [-0.1, -0.05) is 13.3 Å². The minimum Gasteiger partial charge on any atom is -0.206 e. The topological polar surface area (TPSA) is 0 Å². The van der Waals surface area contributed by atoms with E-state index in [1.807, 2.05) is 0 Å². The van der Waals surface area contributed by atoms with Gasteiger partial charge in [0, 0.05) is 17.0 Å². The highest BCUT2D eigenvalue weighted by atomic mass is 19.2. The molecule has 0 unspecified atom stereocenters. The van der Waals surface area contributed by atoms with E-state index in [1.165, 1.54) is 0 Å². The van der Waals surface area contributed by atoms with Crippen molar-refractivity contribution >= 4 is 10.8 Å². The Labute approximate surface area is 104 Å². The molecule has 0 amide bonds. The molecule has 19 heavy (non-hydrogen) atoms. The van der Waals surface area contributed by atoms with Crippen LogP contribution in [0.4, 0.5) is 26.3 Å². The van der Waals surface area contributed by atoms with Crippen LogP contribution in [-0.2, 0) is 6.42 Å². The van der Waals surface area contributed by atoms with Crippen molar-refractivity contribution in [1.82, 2.24) is 0 Å². The molecule has 0 heterocycles. The molecule has 2 aromatic rings. The van der Waals surface area contributed by atoms with Gasteiger partial charge in [0.05, 0.1) is 5.39 Å². The summed E-state index contributed by atoms with van der Waals surface area (Å²) in [5.74, 6) is -9.99. The number of halogens is 6. The van der Waals surface area contributed by atoms with Gasteiger partial charge < -0.3 is 0 Å². The van der Waals surface area contributed by atoms with E-state index in [0.29, 0.717) is 0 Å². The molecule has 0 aromatic heterocycles. The molecule has 0 aliphatic heterocycles. The molecule has 0 nitrogen and oxygen atoms in total. The number of hydrogen-bond acceptors (Lipinski definition) is 0. The fraction of sp³-hybridized carbons (Fsp3) is 0.231. The summed E-state index contributed by atoms with van der Waals surface area (Å²) in [6.07, 6.45) is 0.105. The second-order valence-corrected chi connectivity index (χ2v) is 4.07. The Bertz CT molecular complexity index is 662. The van der Waals surface area contributed by atoms with E-state index in [9.17, 15) is 26.3 Å². The fourth-order valence-electron chi connectivity index (χ4n) is 2.03.